The molecule has 2 aromatic carbocycles. The van der Waals surface area contributed by atoms with E-state index in [0.29, 0.717) is 5.82 Å². The van der Waals surface area contributed by atoms with Crippen LogP contribution in [0.1, 0.15) is 5.82 Å². The highest BCUT2D eigenvalue weighted by atomic mass is 35.5. The second-order valence-corrected chi connectivity index (χ2v) is 4.65. The predicted molar refractivity (Wildman–Crippen MR) is 80.4 cm³/mol. The van der Waals surface area contributed by atoms with Crippen LogP contribution in [-0.2, 0) is 0 Å². The van der Waals surface area contributed by atoms with Gasteiger partial charge in [0.05, 0.1) is 0 Å². The Bertz CT molecular complexity index is 825. The summed E-state index contributed by atoms with van der Waals surface area (Å²) in [5.74, 6) is 0.402. The van der Waals surface area contributed by atoms with Gasteiger partial charge in [0.2, 0.25) is 11.1 Å². The van der Waals surface area contributed by atoms with Crippen molar-refractivity contribution in [2.24, 2.45) is 0 Å². The molecule has 0 atom stereocenters. The molecule has 0 radical (unpaired) electrons. The van der Waals surface area contributed by atoms with Gasteiger partial charge in [-0.3, -0.25) is 0 Å². The fraction of sp³-hybridized carbons (Fsp3) is 0. The molecule has 3 aromatic rings. The van der Waals surface area contributed by atoms with E-state index in [1.54, 1.807) is 0 Å². The monoisotopic (exact) mass is 292 g/mol. The molecule has 0 saturated carbocycles. The maximum absolute atomic E-state index is 8.90. The van der Waals surface area contributed by atoms with Crippen LogP contribution in [0.4, 0.5) is 0 Å². The lowest BCUT2D eigenvalue weighted by Gasteiger charge is -2.05. The first-order valence-electron chi connectivity index (χ1n) is 6.24. The highest BCUT2D eigenvalue weighted by molar-refractivity contribution is 6.28. The van der Waals surface area contributed by atoms with Gasteiger partial charge in [0.15, 0.2) is 5.82 Å². The Kier molecular flexibility index (Phi) is 3.59. The normalized spacial score (nSPS) is 10.1. The van der Waals surface area contributed by atoms with Gasteiger partial charge in [-0.25, -0.2) is 0 Å². The zero-order valence-electron chi connectivity index (χ0n) is 10.9. The van der Waals surface area contributed by atoms with Crippen LogP contribution in [0.25, 0.3) is 22.5 Å². The zero-order valence-corrected chi connectivity index (χ0v) is 11.6. The lowest BCUT2D eigenvalue weighted by atomic mass is 10.0. The summed E-state index contributed by atoms with van der Waals surface area (Å²) in [5, 5.41) is 8.92. The maximum atomic E-state index is 8.90. The molecule has 0 aliphatic carbocycles. The largest absolute Gasteiger partial charge is 0.237 e. The van der Waals surface area contributed by atoms with Gasteiger partial charge in [-0.1, -0.05) is 48.5 Å². The molecule has 0 fully saturated rings. The summed E-state index contributed by atoms with van der Waals surface area (Å²) in [6, 6.07) is 19.6. The molecule has 21 heavy (non-hydrogen) atoms. The van der Waals surface area contributed by atoms with Crippen LogP contribution in [0.5, 0.6) is 0 Å². The van der Waals surface area contributed by atoms with E-state index < -0.39 is 0 Å². The van der Waals surface area contributed by atoms with E-state index in [0.717, 1.165) is 16.7 Å². The van der Waals surface area contributed by atoms with Crippen LogP contribution in [0.2, 0.25) is 5.28 Å². The van der Waals surface area contributed by atoms with Crippen molar-refractivity contribution in [2.45, 2.75) is 0 Å². The summed E-state index contributed by atoms with van der Waals surface area (Å²) < 4.78 is 0. The topological polar surface area (TPSA) is 62.5 Å². The summed E-state index contributed by atoms with van der Waals surface area (Å²) >= 11 is 5.82. The average Bonchev–Trinajstić information content (AvgIpc) is 2.55. The third kappa shape index (κ3) is 2.88. The number of aromatic nitrogens is 3. The molecular formula is C16H9ClN4. The number of halogens is 1. The van der Waals surface area contributed by atoms with Crippen LogP contribution in [0, 0.1) is 11.3 Å². The van der Waals surface area contributed by atoms with Crippen molar-refractivity contribution in [3.05, 3.63) is 65.7 Å². The SMILES string of the molecule is N#Cc1nc(Cl)nc(-c2cccc(-c3ccccc3)c2)n1. The third-order valence-corrected chi connectivity index (χ3v) is 3.11. The molecule has 0 saturated heterocycles. The predicted octanol–water partition coefficient (Wildman–Crippen LogP) is 3.73. The minimum absolute atomic E-state index is 0.00936. The van der Waals surface area contributed by atoms with E-state index in [-0.39, 0.29) is 11.1 Å². The van der Waals surface area contributed by atoms with Crippen LogP contribution in [0.15, 0.2) is 54.6 Å². The second-order valence-electron chi connectivity index (χ2n) is 4.31. The Balaban J connectivity index is 2.09. The van der Waals surface area contributed by atoms with Crippen molar-refractivity contribution in [3.63, 3.8) is 0 Å². The first-order valence-corrected chi connectivity index (χ1v) is 6.61. The summed E-state index contributed by atoms with van der Waals surface area (Å²) in [7, 11) is 0. The van der Waals surface area contributed by atoms with Gasteiger partial charge in [0.1, 0.15) is 6.07 Å². The smallest absolute Gasteiger partial charge is 0.199 e. The molecule has 0 unspecified atom stereocenters. The van der Waals surface area contributed by atoms with Crippen molar-refractivity contribution in [1.29, 1.82) is 5.26 Å². The van der Waals surface area contributed by atoms with E-state index >= 15 is 0 Å². The standard InChI is InChI=1S/C16H9ClN4/c17-16-20-14(10-18)19-15(21-16)13-8-4-7-12(9-13)11-5-2-1-3-6-11/h1-9H. The minimum atomic E-state index is 0.00936. The molecule has 0 aliphatic rings. The third-order valence-electron chi connectivity index (χ3n) is 2.94. The zero-order chi connectivity index (χ0) is 14.7. The molecule has 0 amide bonds. The van der Waals surface area contributed by atoms with E-state index in [9.17, 15) is 0 Å². The van der Waals surface area contributed by atoms with E-state index in [2.05, 4.69) is 15.0 Å². The van der Waals surface area contributed by atoms with Gasteiger partial charge in [-0.05, 0) is 28.8 Å². The van der Waals surface area contributed by atoms with Gasteiger partial charge in [0, 0.05) is 5.56 Å². The fourth-order valence-corrected chi connectivity index (χ4v) is 2.16. The molecule has 4 nitrogen and oxygen atoms in total. The van der Waals surface area contributed by atoms with Crippen LogP contribution in [-0.4, -0.2) is 15.0 Å². The quantitative estimate of drug-likeness (QED) is 0.722. The van der Waals surface area contributed by atoms with Crippen LogP contribution in [0.3, 0.4) is 0 Å². The minimum Gasteiger partial charge on any atom is -0.199 e. The molecule has 1 aromatic heterocycles. The van der Waals surface area contributed by atoms with Gasteiger partial charge in [-0.2, -0.15) is 20.2 Å². The van der Waals surface area contributed by atoms with Gasteiger partial charge in [-0.15, -0.1) is 0 Å². The Morgan fingerprint density at radius 1 is 0.810 bits per heavy atom. The van der Waals surface area contributed by atoms with Gasteiger partial charge in [0.25, 0.3) is 0 Å². The number of nitrogens with zero attached hydrogens (tertiary/aromatic N) is 4. The van der Waals surface area contributed by atoms with Crippen LogP contribution < -0.4 is 0 Å². The van der Waals surface area contributed by atoms with Gasteiger partial charge >= 0.3 is 0 Å². The average molecular weight is 293 g/mol. The number of rotatable bonds is 2. The number of hydrogen-bond donors (Lipinski definition) is 0. The van der Waals surface area contributed by atoms with Crippen molar-refractivity contribution < 1.29 is 0 Å². The highest BCUT2D eigenvalue weighted by Gasteiger charge is 2.08. The van der Waals surface area contributed by atoms with Crippen molar-refractivity contribution in [3.8, 4) is 28.6 Å². The number of nitriles is 1. The first kappa shape index (κ1) is 13.2. The maximum Gasteiger partial charge on any atom is 0.237 e. The molecule has 1 heterocycles. The van der Waals surface area contributed by atoms with Gasteiger partial charge < -0.3 is 0 Å². The first-order chi connectivity index (χ1) is 10.3. The summed E-state index contributed by atoms with van der Waals surface area (Å²) in [6.45, 7) is 0. The van der Waals surface area contributed by atoms with E-state index in [1.807, 2.05) is 60.7 Å². The van der Waals surface area contributed by atoms with E-state index in [4.69, 9.17) is 16.9 Å². The lowest BCUT2D eigenvalue weighted by Crippen LogP contribution is -1.97. The molecule has 0 N–H and O–H groups in total. The Morgan fingerprint density at radius 3 is 2.29 bits per heavy atom. The highest BCUT2D eigenvalue weighted by Crippen LogP contribution is 2.24. The second kappa shape index (κ2) is 5.70. The molecule has 3 rings (SSSR count). The van der Waals surface area contributed by atoms with Crippen molar-refractivity contribution in [1.82, 2.24) is 15.0 Å². The molecule has 0 aliphatic heterocycles. The Hall–Kier alpha value is -2.77. The number of hydrogen-bond acceptors (Lipinski definition) is 4. The lowest BCUT2D eigenvalue weighted by molar-refractivity contribution is 1.02. The molecule has 0 spiro atoms. The Morgan fingerprint density at radius 2 is 1.52 bits per heavy atom. The summed E-state index contributed by atoms with van der Waals surface area (Å²) in [6.07, 6.45) is 0. The van der Waals surface area contributed by atoms with Crippen LogP contribution >= 0.6 is 11.6 Å². The van der Waals surface area contributed by atoms with E-state index in [1.165, 1.54) is 0 Å². The Labute approximate surface area is 126 Å². The summed E-state index contributed by atoms with van der Waals surface area (Å²) in [5.41, 5.74) is 2.93. The number of benzene rings is 2. The summed E-state index contributed by atoms with van der Waals surface area (Å²) in [4.78, 5) is 11.9. The molecule has 5 heteroatoms. The molecule has 100 valence electrons. The van der Waals surface area contributed by atoms with Crippen molar-refractivity contribution >= 4 is 11.6 Å². The molecular weight excluding hydrogens is 284 g/mol. The fourth-order valence-electron chi connectivity index (χ4n) is 2.00. The van der Waals surface area contributed by atoms with Crippen molar-refractivity contribution in [2.75, 3.05) is 0 Å². The molecule has 0 bridgehead atoms.